The van der Waals surface area contributed by atoms with Crippen LogP contribution in [-0.4, -0.2) is 77.1 Å². The molecule has 8 nitrogen and oxygen atoms in total. The van der Waals surface area contributed by atoms with Crippen LogP contribution >= 0.6 is 0 Å². The molecule has 0 aliphatic carbocycles. The van der Waals surface area contributed by atoms with Crippen molar-refractivity contribution in [1.29, 1.82) is 0 Å². The summed E-state index contributed by atoms with van der Waals surface area (Å²) in [5.74, 6) is -0.849. The largest absolute Gasteiger partial charge is 0.507 e. The van der Waals surface area contributed by atoms with Crippen LogP contribution in [-0.2, 0) is 14.3 Å². The minimum atomic E-state index is -0.738. The van der Waals surface area contributed by atoms with E-state index in [0.29, 0.717) is 43.2 Å². The molecule has 8 heteroatoms. The van der Waals surface area contributed by atoms with E-state index >= 15 is 0 Å². The lowest BCUT2D eigenvalue weighted by atomic mass is 9.98. The number of aromatic nitrogens is 1. The summed E-state index contributed by atoms with van der Waals surface area (Å²) < 4.78 is 11.1. The number of pyridine rings is 1. The van der Waals surface area contributed by atoms with Crippen LogP contribution in [0.2, 0.25) is 0 Å². The van der Waals surface area contributed by atoms with E-state index in [1.54, 1.807) is 42.6 Å². The fourth-order valence-corrected chi connectivity index (χ4v) is 4.36. The predicted octanol–water partition coefficient (Wildman–Crippen LogP) is 3.01. The van der Waals surface area contributed by atoms with Crippen molar-refractivity contribution in [2.24, 2.45) is 0 Å². The molecule has 0 spiro atoms. The van der Waals surface area contributed by atoms with E-state index in [0.717, 1.165) is 19.6 Å². The van der Waals surface area contributed by atoms with Crippen LogP contribution in [0.3, 0.4) is 0 Å². The van der Waals surface area contributed by atoms with Gasteiger partial charge in [0, 0.05) is 37.9 Å². The Morgan fingerprint density at radius 3 is 2.50 bits per heavy atom. The molecule has 0 bridgehead atoms. The average molecular weight is 466 g/mol. The molecule has 3 heterocycles. The summed E-state index contributed by atoms with van der Waals surface area (Å²) >= 11 is 0. The highest BCUT2D eigenvalue weighted by atomic mass is 16.5. The molecule has 2 aliphatic heterocycles. The lowest BCUT2D eigenvalue weighted by molar-refractivity contribution is -0.140. The third-order valence-electron chi connectivity index (χ3n) is 5.98. The van der Waals surface area contributed by atoms with Gasteiger partial charge in [0.15, 0.2) is 0 Å². The number of hydrogen-bond donors (Lipinski definition) is 1. The number of nitrogens with zero attached hydrogens (tertiary/aromatic N) is 3. The van der Waals surface area contributed by atoms with Gasteiger partial charge in [-0.3, -0.25) is 19.5 Å². The van der Waals surface area contributed by atoms with E-state index in [1.807, 2.05) is 19.9 Å². The number of hydrogen-bond acceptors (Lipinski definition) is 7. The number of amides is 1. The first-order valence-electron chi connectivity index (χ1n) is 11.7. The maximum Gasteiger partial charge on any atom is 0.295 e. The number of morpholine rings is 1. The van der Waals surface area contributed by atoms with Gasteiger partial charge in [0.2, 0.25) is 0 Å². The molecule has 2 fully saturated rings. The molecule has 0 radical (unpaired) electrons. The normalized spacial score (nSPS) is 20.8. The Morgan fingerprint density at radius 2 is 1.85 bits per heavy atom. The second-order valence-electron chi connectivity index (χ2n) is 8.75. The van der Waals surface area contributed by atoms with E-state index < -0.39 is 17.7 Å². The van der Waals surface area contributed by atoms with E-state index in [-0.39, 0.29) is 17.4 Å². The first-order chi connectivity index (χ1) is 16.5. The number of benzene rings is 1. The quantitative estimate of drug-likeness (QED) is 0.364. The van der Waals surface area contributed by atoms with Gasteiger partial charge >= 0.3 is 0 Å². The molecule has 0 unspecified atom stereocenters. The topological polar surface area (TPSA) is 92.2 Å². The second-order valence-corrected chi connectivity index (χ2v) is 8.75. The van der Waals surface area contributed by atoms with Crippen molar-refractivity contribution < 1.29 is 24.2 Å². The smallest absolute Gasteiger partial charge is 0.295 e. The molecule has 2 aromatic rings. The van der Waals surface area contributed by atoms with Crippen molar-refractivity contribution in [3.8, 4) is 5.75 Å². The lowest BCUT2D eigenvalue weighted by Crippen LogP contribution is -2.39. The number of aliphatic hydroxyl groups excluding tert-OH is 1. The highest BCUT2D eigenvalue weighted by Gasteiger charge is 2.46. The van der Waals surface area contributed by atoms with Crippen molar-refractivity contribution in [3.05, 3.63) is 65.5 Å². The van der Waals surface area contributed by atoms with Crippen molar-refractivity contribution >= 4 is 17.4 Å². The van der Waals surface area contributed by atoms with Gasteiger partial charge in [-0.25, -0.2) is 0 Å². The van der Waals surface area contributed by atoms with Gasteiger partial charge < -0.3 is 19.5 Å². The molecular weight excluding hydrogens is 434 g/mol. The molecule has 1 aromatic heterocycles. The number of Topliss-reactive ketones (excluding diaryl/α,β-unsaturated/α-hetero) is 1. The summed E-state index contributed by atoms with van der Waals surface area (Å²) in [6.45, 7) is 8.19. The number of rotatable bonds is 8. The van der Waals surface area contributed by atoms with Crippen molar-refractivity contribution in [2.45, 2.75) is 32.4 Å². The van der Waals surface area contributed by atoms with Crippen LogP contribution in [0.1, 0.15) is 37.6 Å². The number of likely N-dealkylation sites (tertiary alicyclic amines) is 1. The third kappa shape index (κ3) is 5.29. The molecule has 2 aliphatic rings. The average Bonchev–Trinajstić information content (AvgIpc) is 3.10. The van der Waals surface area contributed by atoms with E-state index in [2.05, 4.69) is 9.88 Å². The number of ether oxygens (including phenoxy) is 2. The molecular formula is C26H31N3O5. The molecule has 1 atom stereocenters. The lowest BCUT2D eigenvalue weighted by Gasteiger charge is -2.28. The Morgan fingerprint density at radius 1 is 1.12 bits per heavy atom. The maximum atomic E-state index is 13.1. The highest BCUT2D eigenvalue weighted by Crippen LogP contribution is 2.38. The Balaban J connectivity index is 1.62. The molecule has 4 rings (SSSR count). The third-order valence-corrected chi connectivity index (χ3v) is 5.98. The van der Waals surface area contributed by atoms with Gasteiger partial charge in [0.1, 0.15) is 17.6 Å². The zero-order valence-electron chi connectivity index (χ0n) is 19.6. The summed E-state index contributed by atoms with van der Waals surface area (Å²) in [6, 6.07) is 11.5. The van der Waals surface area contributed by atoms with E-state index in [4.69, 9.17) is 9.47 Å². The zero-order chi connectivity index (χ0) is 24.1. The van der Waals surface area contributed by atoms with Gasteiger partial charge in [-0.1, -0.05) is 6.07 Å². The fourth-order valence-electron chi connectivity index (χ4n) is 4.36. The molecule has 34 heavy (non-hydrogen) atoms. The maximum absolute atomic E-state index is 13.1. The Bertz CT molecular complexity index is 1030. The van der Waals surface area contributed by atoms with Crippen LogP contribution < -0.4 is 4.74 Å². The van der Waals surface area contributed by atoms with E-state index in [1.165, 1.54) is 4.90 Å². The summed E-state index contributed by atoms with van der Waals surface area (Å²) in [4.78, 5) is 34.4. The molecule has 1 amide bonds. The summed E-state index contributed by atoms with van der Waals surface area (Å²) in [5, 5.41) is 11.1. The molecule has 180 valence electrons. The summed E-state index contributed by atoms with van der Waals surface area (Å²) in [7, 11) is 0. The number of carbonyl (C=O) groups excluding carboxylic acids is 2. The van der Waals surface area contributed by atoms with Crippen LogP contribution in [0, 0.1) is 0 Å². The van der Waals surface area contributed by atoms with E-state index in [9.17, 15) is 14.7 Å². The molecule has 2 saturated heterocycles. The minimum Gasteiger partial charge on any atom is -0.507 e. The van der Waals surface area contributed by atoms with Crippen LogP contribution in [0.4, 0.5) is 0 Å². The summed E-state index contributed by atoms with van der Waals surface area (Å²) in [5.41, 5.74) is 1.06. The van der Waals surface area contributed by atoms with Crippen molar-refractivity contribution in [3.63, 3.8) is 0 Å². The number of ketones is 1. The van der Waals surface area contributed by atoms with Crippen molar-refractivity contribution in [2.75, 3.05) is 39.4 Å². The minimum absolute atomic E-state index is 0.0198. The predicted molar refractivity (Wildman–Crippen MR) is 127 cm³/mol. The molecule has 1 N–H and O–H groups in total. The first kappa shape index (κ1) is 23.9. The standard InChI is InChI=1S/C26H31N3O5/c1-18(2)34-20-9-7-19(8-10-20)24(30)22-23(21-6-3-4-11-27-21)29(26(32)25(22)31)13-5-12-28-14-16-33-17-15-28/h3-4,6-11,18,23,30H,5,12-17H2,1-2H3/b24-22+/t23-/m0/s1. The number of carbonyl (C=O) groups is 2. The van der Waals surface area contributed by atoms with Gasteiger partial charge in [0.25, 0.3) is 11.7 Å². The monoisotopic (exact) mass is 465 g/mol. The Labute approximate surface area is 199 Å². The summed E-state index contributed by atoms with van der Waals surface area (Å²) in [6.07, 6.45) is 2.35. The highest BCUT2D eigenvalue weighted by molar-refractivity contribution is 6.46. The van der Waals surface area contributed by atoms with Gasteiger partial charge in [-0.2, -0.15) is 0 Å². The molecule has 1 aromatic carbocycles. The SMILES string of the molecule is CC(C)Oc1ccc(/C(O)=C2\C(=O)C(=O)N(CCCN3CCOCC3)[C@H]2c2ccccn2)cc1. The van der Waals surface area contributed by atoms with Crippen molar-refractivity contribution in [1.82, 2.24) is 14.8 Å². The molecule has 0 saturated carbocycles. The van der Waals surface area contributed by atoms with Crippen LogP contribution in [0.15, 0.2) is 54.2 Å². The Kier molecular flexibility index (Phi) is 7.59. The van der Waals surface area contributed by atoms with Gasteiger partial charge in [0.05, 0.1) is 30.6 Å². The Hall–Kier alpha value is -3.23. The first-order valence-corrected chi connectivity index (χ1v) is 11.7. The number of aliphatic hydroxyl groups is 1. The second kappa shape index (κ2) is 10.8. The van der Waals surface area contributed by atoms with Crippen LogP contribution in [0.25, 0.3) is 5.76 Å². The van der Waals surface area contributed by atoms with Crippen LogP contribution in [0.5, 0.6) is 5.75 Å². The van der Waals surface area contributed by atoms with Gasteiger partial charge in [-0.15, -0.1) is 0 Å². The fraction of sp³-hybridized carbons (Fsp3) is 0.423. The van der Waals surface area contributed by atoms with Gasteiger partial charge in [-0.05, 0) is 56.7 Å². The zero-order valence-corrected chi connectivity index (χ0v) is 19.6.